The van der Waals surface area contributed by atoms with E-state index in [1.165, 1.54) is 47.9 Å². The zero-order chi connectivity index (χ0) is 24.6. The third-order valence-electron chi connectivity index (χ3n) is 6.92. The Bertz CT molecular complexity index is 924. The van der Waals surface area contributed by atoms with Gasteiger partial charge in [-0.1, -0.05) is 94.0 Å². The van der Waals surface area contributed by atoms with E-state index < -0.39 is 0 Å². The summed E-state index contributed by atoms with van der Waals surface area (Å²) in [7, 11) is 0. The van der Waals surface area contributed by atoms with Crippen LogP contribution in [-0.2, 0) is 26.3 Å². The Kier molecular flexibility index (Phi) is 9.73. The highest BCUT2D eigenvalue weighted by atomic mass is 16.5. The lowest BCUT2D eigenvalue weighted by molar-refractivity contribution is -0.147. The molecule has 0 aromatic heterocycles. The minimum absolute atomic E-state index is 0.0847. The minimum atomic E-state index is -0.169. The van der Waals surface area contributed by atoms with Crippen molar-refractivity contribution >= 4 is 5.97 Å². The van der Waals surface area contributed by atoms with Crippen LogP contribution in [0.15, 0.2) is 36.4 Å². The molecule has 0 radical (unpaired) electrons. The molecule has 0 N–H and O–H groups in total. The molecule has 0 unspecified atom stereocenters. The van der Waals surface area contributed by atoms with Crippen molar-refractivity contribution in [1.82, 2.24) is 4.90 Å². The second-order valence-corrected chi connectivity index (χ2v) is 10.5. The van der Waals surface area contributed by atoms with E-state index in [-0.39, 0.29) is 11.4 Å². The van der Waals surface area contributed by atoms with Gasteiger partial charge in [-0.2, -0.15) is 0 Å². The van der Waals surface area contributed by atoms with Crippen LogP contribution < -0.4 is 0 Å². The number of aryl methyl sites for hydroxylation is 2. The zero-order valence-electron chi connectivity index (χ0n) is 21.9. The fourth-order valence-electron chi connectivity index (χ4n) is 4.83. The number of esters is 1. The fourth-order valence-corrected chi connectivity index (χ4v) is 4.83. The maximum Gasteiger partial charge on any atom is 0.320 e. The van der Waals surface area contributed by atoms with Crippen molar-refractivity contribution in [3.63, 3.8) is 0 Å². The number of benzene rings is 2. The van der Waals surface area contributed by atoms with Crippen LogP contribution in [-0.4, -0.2) is 43.7 Å². The van der Waals surface area contributed by atoms with E-state index in [0.29, 0.717) is 26.4 Å². The van der Waals surface area contributed by atoms with Crippen LogP contribution in [0.2, 0.25) is 0 Å². The van der Waals surface area contributed by atoms with Gasteiger partial charge in [0.05, 0.1) is 19.8 Å². The van der Waals surface area contributed by atoms with E-state index in [9.17, 15) is 4.79 Å². The lowest BCUT2D eigenvalue weighted by atomic mass is 9.78. The Morgan fingerprint density at radius 2 is 1.71 bits per heavy atom. The predicted molar refractivity (Wildman–Crippen MR) is 140 cm³/mol. The number of carbonyl (C=O) groups is 1. The van der Waals surface area contributed by atoms with Crippen molar-refractivity contribution in [3.8, 4) is 11.1 Å². The molecule has 4 heteroatoms. The summed E-state index contributed by atoms with van der Waals surface area (Å²) in [6.07, 6.45) is 6.24. The second-order valence-electron chi connectivity index (χ2n) is 10.5. The molecule has 4 nitrogen and oxygen atoms in total. The highest BCUT2D eigenvalue weighted by molar-refractivity contribution is 5.73. The Morgan fingerprint density at radius 3 is 2.38 bits per heavy atom. The minimum Gasteiger partial charge on any atom is -0.460 e. The maximum absolute atomic E-state index is 12.6. The van der Waals surface area contributed by atoms with E-state index >= 15 is 0 Å². The first-order valence-electron chi connectivity index (χ1n) is 13.0. The first-order valence-corrected chi connectivity index (χ1v) is 13.0. The molecule has 3 rings (SSSR count). The molecule has 34 heavy (non-hydrogen) atoms. The van der Waals surface area contributed by atoms with Crippen molar-refractivity contribution in [3.05, 3.63) is 58.7 Å². The molecule has 1 fully saturated rings. The van der Waals surface area contributed by atoms with Crippen LogP contribution in [0, 0.1) is 13.8 Å². The lowest BCUT2D eigenvalue weighted by Gasteiger charge is -2.27. The van der Waals surface area contributed by atoms with Gasteiger partial charge in [0.15, 0.2) is 0 Å². The number of hydrogen-bond donors (Lipinski definition) is 0. The van der Waals surface area contributed by atoms with Gasteiger partial charge in [-0.25, -0.2) is 0 Å². The van der Waals surface area contributed by atoms with Crippen molar-refractivity contribution in [1.29, 1.82) is 0 Å². The monoisotopic (exact) mass is 465 g/mol. The van der Waals surface area contributed by atoms with Crippen molar-refractivity contribution < 1.29 is 14.3 Å². The Morgan fingerprint density at radius 1 is 1.00 bits per heavy atom. The highest BCUT2D eigenvalue weighted by Crippen LogP contribution is 2.34. The number of hydrogen-bond acceptors (Lipinski definition) is 4. The number of ether oxygens (including phenoxy) is 2. The first-order chi connectivity index (χ1) is 16.3. The number of carbonyl (C=O) groups excluding carboxylic acids is 1. The molecule has 1 aliphatic heterocycles. The molecule has 186 valence electrons. The molecule has 0 aliphatic carbocycles. The van der Waals surface area contributed by atoms with Crippen molar-refractivity contribution in [2.24, 2.45) is 0 Å². The molecule has 1 aliphatic rings. The summed E-state index contributed by atoms with van der Waals surface area (Å²) in [6, 6.07) is 13.4. The summed E-state index contributed by atoms with van der Waals surface area (Å²) >= 11 is 0. The van der Waals surface area contributed by atoms with Crippen LogP contribution >= 0.6 is 0 Å². The van der Waals surface area contributed by atoms with Crippen LogP contribution in [0.1, 0.15) is 75.1 Å². The smallest absolute Gasteiger partial charge is 0.320 e. The quantitative estimate of drug-likeness (QED) is 0.277. The molecule has 2 aromatic carbocycles. The molecule has 0 saturated carbocycles. The lowest BCUT2D eigenvalue weighted by Crippen LogP contribution is -2.40. The SMILES string of the molecule is CCCCCCC(C)(C)c1ccc(-c2cc(C)cc(C)c2)c(COC(=O)CN2CCOCC2)c1. The average Bonchev–Trinajstić information content (AvgIpc) is 2.80. The molecule has 1 heterocycles. The Hall–Kier alpha value is -2.17. The molecule has 0 amide bonds. The maximum atomic E-state index is 12.6. The second kappa shape index (κ2) is 12.5. The summed E-state index contributed by atoms with van der Waals surface area (Å²) in [4.78, 5) is 14.7. The third-order valence-corrected chi connectivity index (χ3v) is 6.92. The molecule has 0 spiro atoms. The molecular formula is C30H43NO3. The summed E-state index contributed by atoms with van der Waals surface area (Å²) in [5.41, 5.74) is 7.30. The fraction of sp³-hybridized carbons (Fsp3) is 0.567. The van der Waals surface area contributed by atoms with Gasteiger partial charge in [0.2, 0.25) is 0 Å². The van der Waals surface area contributed by atoms with E-state index in [1.807, 2.05) is 0 Å². The Labute approximate surface area is 206 Å². The normalized spacial score (nSPS) is 14.9. The van der Waals surface area contributed by atoms with Crippen LogP contribution in [0.3, 0.4) is 0 Å². The number of rotatable bonds is 11. The molecule has 2 aromatic rings. The van der Waals surface area contributed by atoms with Gasteiger partial charge in [-0.15, -0.1) is 0 Å². The van der Waals surface area contributed by atoms with Gasteiger partial charge in [-0.3, -0.25) is 9.69 Å². The standard InChI is InChI=1S/C30H43NO3/c1-6-7-8-9-12-30(4,5)27-10-11-28(25-18-23(2)17-24(3)19-25)26(20-27)22-34-29(32)21-31-13-15-33-16-14-31/h10-11,17-20H,6-9,12-16,21-22H2,1-5H3. The predicted octanol–water partition coefficient (Wildman–Crippen LogP) is 6.59. The zero-order valence-corrected chi connectivity index (χ0v) is 21.9. The molecule has 0 bridgehead atoms. The summed E-state index contributed by atoms with van der Waals surface area (Å²) in [5, 5.41) is 0. The van der Waals surface area contributed by atoms with Crippen LogP contribution in [0.4, 0.5) is 0 Å². The van der Waals surface area contributed by atoms with Gasteiger partial charge in [0.25, 0.3) is 0 Å². The largest absolute Gasteiger partial charge is 0.460 e. The molecular weight excluding hydrogens is 422 g/mol. The first kappa shape index (κ1) is 26.4. The number of nitrogens with zero attached hydrogens (tertiary/aromatic N) is 1. The van der Waals surface area contributed by atoms with Gasteiger partial charge in [0.1, 0.15) is 6.61 Å². The molecule has 0 atom stereocenters. The van der Waals surface area contributed by atoms with E-state index in [4.69, 9.17) is 9.47 Å². The summed E-state index contributed by atoms with van der Waals surface area (Å²) < 4.78 is 11.2. The van der Waals surface area contributed by atoms with E-state index in [2.05, 4.69) is 75.9 Å². The van der Waals surface area contributed by atoms with E-state index in [0.717, 1.165) is 30.6 Å². The number of morpholine rings is 1. The van der Waals surface area contributed by atoms with Gasteiger partial charge in [-0.05, 0) is 47.9 Å². The van der Waals surface area contributed by atoms with Gasteiger partial charge in [0, 0.05) is 13.1 Å². The van der Waals surface area contributed by atoms with Crippen molar-refractivity contribution in [2.45, 2.75) is 78.7 Å². The summed E-state index contributed by atoms with van der Waals surface area (Å²) in [6.45, 7) is 14.7. The van der Waals surface area contributed by atoms with Gasteiger partial charge >= 0.3 is 5.97 Å². The highest BCUT2D eigenvalue weighted by Gasteiger charge is 2.22. The Balaban J connectivity index is 1.81. The van der Waals surface area contributed by atoms with Gasteiger partial charge < -0.3 is 9.47 Å². The summed E-state index contributed by atoms with van der Waals surface area (Å²) in [5.74, 6) is -0.169. The van der Waals surface area contributed by atoms with Crippen LogP contribution in [0.25, 0.3) is 11.1 Å². The average molecular weight is 466 g/mol. The number of unbranched alkanes of at least 4 members (excludes halogenated alkanes) is 3. The topological polar surface area (TPSA) is 38.8 Å². The third kappa shape index (κ3) is 7.68. The van der Waals surface area contributed by atoms with Crippen molar-refractivity contribution in [2.75, 3.05) is 32.8 Å². The van der Waals surface area contributed by atoms with E-state index in [1.54, 1.807) is 0 Å². The van der Waals surface area contributed by atoms with Crippen LogP contribution in [0.5, 0.6) is 0 Å². The molecule has 1 saturated heterocycles.